The first-order valence-corrected chi connectivity index (χ1v) is 6.61. The van der Waals surface area contributed by atoms with Crippen LogP contribution in [0, 0.1) is 6.92 Å². The van der Waals surface area contributed by atoms with Gasteiger partial charge in [-0.2, -0.15) is 0 Å². The molecule has 0 spiro atoms. The van der Waals surface area contributed by atoms with Gasteiger partial charge in [0.15, 0.2) is 0 Å². The number of hydrogen-bond donors (Lipinski definition) is 1. The molecule has 3 nitrogen and oxygen atoms in total. The third kappa shape index (κ3) is 3.08. The molecule has 0 aliphatic carbocycles. The van der Waals surface area contributed by atoms with Gasteiger partial charge in [0.1, 0.15) is 10.7 Å². The first-order chi connectivity index (χ1) is 8.99. The summed E-state index contributed by atoms with van der Waals surface area (Å²) in [5.41, 5.74) is 8.62. The van der Waals surface area contributed by atoms with E-state index in [2.05, 4.69) is 4.90 Å². The van der Waals surface area contributed by atoms with Gasteiger partial charge in [-0.3, -0.25) is 0 Å². The van der Waals surface area contributed by atoms with E-state index < -0.39 is 0 Å². The van der Waals surface area contributed by atoms with Crippen molar-refractivity contribution in [2.24, 2.45) is 5.73 Å². The fourth-order valence-corrected chi connectivity index (χ4v) is 2.29. The highest BCUT2D eigenvalue weighted by atomic mass is 35.5. The van der Waals surface area contributed by atoms with E-state index in [1.807, 2.05) is 32.2 Å². The maximum absolute atomic E-state index is 5.98. The Labute approximate surface area is 123 Å². The molecule has 2 rings (SSSR count). The molecule has 0 atom stereocenters. The second-order valence-corrected chi connectivity index (χ2v) is 5.26. The molecule has 1 aromatic heterocycles. The maximum Gasteiger partial charge on any atom is 0.106 e. The minimum Gasteiger partial charge on any atom is -0.469 e. The third-order valence-corrected chi connectivity index (χ3v) is 3.46. The van der Waals surface area contributed by atoms with E-state index in [0.29, 0.717) is 10.0 Å². The van der Waals surface area contributed by atoms with Crippen LogP contribution in [-0.4, -0.2) is 12.0 Å². The summed E-state index contributed by atoms with van der Waals surface area (Å²) in [4.78, 5) is 2.41. The Morgan fingerprint density at radius 2 is 2.16 bits per heavy atom. The summed E-state index contributed by atoms with van der Waals surface area (Å²) in [5.74, 6) is 0.915. The van der Waals surface area contributed by atoms with Crippen LogP contribution in [-0.2, 0) is 6.54 Å². The van der Waals surface area contributed by atoms with Crippen molar-refractivity contribution in [1.82, 2.24) is 0 Å². The highest BCUT2D eigenvalue weighted by Crippen LogP contribution is 2.25. The van der Waals surface area contributed by atoms with E-state index in [4.69, 9.17) is 34.0 Å². The first-order valence-electron chi connectivity index (χ1n) is 5.82. The van der Waals surface area contributed by atoms with E-state index in [9.17, 15) is 0 Å². The average molecular weight is 295 g/mol. The molecular formula is C14H15ClN2OS. The van der Waals surface area contributed by atoms with Gasteiger partial charge in [0.2, 0.25) is 0 Å². The molecule has 100 valence electrons. The predicted octanol–water partition coefficient (Wildman–Crippen LogP) is 3.51. The van der Waals surface area contributed by atoms with Crippen molar-refractivity contribution < 1.29 is 4.42 Å². The predicted molar refractivity (Wildman–Crippen MR) is 82.9 cm³/mol. The SMILES string of the molecule is Cc1occc1CN(C)c1ccc(Cl)cc1C(N)=S. The maximum atomic E-state index is 5.98. The van der Waals surface area contributed by atoms with Crippen molar-refractivity contribution in [1.29, 1.82) is 0 Å². The summed E-state index contributed by atoms with van der Waals surface area (Å²) in [6.45, 7) is 2.67. The quantitative estimate of drug-likeness (QED) is 0.876. The molecule has 19 heavy (non-hydrogen) atoms. The Hall–Kier alpha value is -1.52. The number of hydrogen-bond acceptors (Lipinski definition) is 3. The summed E-state index contributed by atoms with van der Waals surface area (Å²) < 4.78 is 5.30. The van der Waals surface area contributed by atoms with Crippen LogP contribution in [0.15, 0.2) is 34.9 Å². The molecule has 0 aliphatic heterocycles. The number of anilines is 1. The second-order valence-electron chi connectivity index (χ2n) is 4.38. The molecule has 2 aromatic rings. The monoisotopic (exact) mass is 294 g/mol. The molecule has 2 N–H and O–H groups in total. The summed E-state index contributed by atoms with van der Waals surface area (Å²) in [6.07, 6.45) is 1.69. The van der Waals surface area contributed by atoms with Gasteiger partial charge in [0.25, 0.3) is 0 Å². The highest BCUT2D eigenvalue weighted by Gasteiger charge is 2.12. The summed E-state index contributed by atoms with van der Waals surface area (Å²) in [6, 6.07) is 7.50. The van der Waals surface area contributed by atoms with Crippen LogP contribution in [0.25, 0.3) is 0 Å². The van der Waals surface area contributed by atoms with Crippen molar-refractivity contribution in [2.45, 2.75) is 13.5 Å². The smallest absolute Gasteiger partial charge is 0.106 e. The molecule has 0 saturated carbocycles. The van der Waals surface area contributed by atoms with E-state index in [-0.39, 0.29) is 0 Å². The minimum absolute atomic E-state index is 0.341. The zero-order valence-corrected chi connectivity index (χ0v) is 12.4. The van der Waals surface area contributed by atoms with Gasteiger partial charge in [-0.25, -0.2) is 0 Å². The Morgan fingerprint density at radius 3 is 2.74 bits per heavy atom. The highest BCUT2D eigenvalue weighted by molar-refractivity contribution is 7.80. The van der Waals surface area contributed by atoms with E-state index in [1.165, 1.54) is 0 Å². The third-order valence-electron chi connectivity index (χ3n) is 3.01. The number of nitrogens with zero attached hydrogens (tertiary/aromatic N) is 1. The largest absolute Gasteiger partial charge is 0.469 e. The number of nitrogens with two attached hydrogens (primary N) is 1. The van der Waals surface area contributed by atoms with Gasteiger partial charge >= 0.3 is 0 Å². The number of thiocarbonyl (C=S) groups is 1. The first kappa shape index (κ1) is 13.9. The molecule has 0 bridgehead atoms. The molecule has 5 heteroatoms. The number of aryl methyl sites for hydroxylation is 1. The van der Waals surface area contributed by atoms with Crippen molar-refractivity contribution in [3.8, 4) is 0 Å². The van der Waals surface area contributed by atoms with Crippen LogP contribution in [0.2, 0.25) is 5.02 Å². The molecule has 0 amide bonds. The second kappa shape index (κ2) is 5.63. The molecule has 1 heterocycles. The summed E-state index contributed by atoms with van der Waals surface area (Å²) in [7, 11) is 1.98. The van der Waals surface area contributed by atoms with Gasteiger partial charge in [-0.15, -0.1) is 0 Å². The zero-order chi connectivity index (χ0) is 14.0. The van der Waals surface area contributed by atoms with Crippen molar-refractivity contribution in [3.05, 3.63) is 52.4 Å². The van der Waals surface area contributed by atoms with Crippen molar-refractivity contribution >= 4 is 34.5 Å². The summed E-state index contributed by atoms with van der Waals surface area (Å²) in [5, 5.41) is 0.624. The van der Waals surface area contributed by atoms with Crippen LogP contribution < -0.4 is 10.6 Å². The lowest BCUT2D eigenvalue weighted by Gasteiger charge is -2.22. The molecule has 0 unspecified atom stereocenters. The lowest BCUT2D eigenvalue weighted by molar-refractivity contribution is 0.529. The van der Waals surface area contributed by atoms with Crippen LogP contribution in [0.3, 0.4) is 0 Å². The molecule has 0 saturated heterocycles. The van der Waals surface area contributed by atoms with E-state index >= 15 is 0 Å². The van der Waals surface area contributed by atoms with Gasteiger partial charge in [0, 0.05) is 35.4 Å². The van der Waals surface area contributed by atoms with Gasteiger partial charge in [0.05, 0.1) is 6.26 Å². The number of rotatable bonds is 4. The average Bonchev–Trinajstić information content (AvgIpc) is 2.74. The van der Waals surface area contributed by atoms with Gasteiger partial charge in [-0.1, -0.05) is 23.8 Å². The molecule has 0 radical (unpaired) electrons. The fraction of sp³-hybridized carbons (Fsp3) is 0.214. The zero-order valence-electron chi connectivity index (χ0n) is 10.8. The number of halogens is 1. The van der Waals surface area contributed by atoms with Gasteiger partial charge < -0.3 is 15.1 Å². The lowest BCUT2D eigenvalue weighted by Crippen LogP contribution is -2.21. The van der Waals surface area contributed by atoms with E-state index in [1.54, 1.807) is 12.3 Å². The standard InChI is InChI=1S/C14H15ClN2OS/c1-9-10(5-6-18-9)8-17(2)13-4-3-11(15)7-12(13)14(16)19/h3-7H,8H2,1-2H3,(H2,16,19). The van der Waals surface area contributed by atoms with Crippen LogP contribution in [0.5, 0.6) is 0 Å². The molecular weight excluding hydrogens is 280 g/mol. The number of benzene rings is 1. The molecule has 0 aliphatic rings. The Balaban J connectivity index is 2.31. The normalized spacial score (nSPS) is 10.5. The minimum atomic E-state index is 0.341. The van der Waals surface area contributed by atoms with Crippen LogP contribution >= 0.6 is 23.8 Å². The Bertz CT molecular complexity index is 609. The fourth-order valence-electron chi connectivity index (χ4n) is 1.95. The van der Waals surface area contributed by atoms with Crippen molar-refractivity contribution in [3.63, 3.8) is 0 Å². The lowest BCUT2D eigenvalue weighted by atomic mass is 10.1. The Kier molecular flexibility index (Phi) is 4.12. The topological polar surface area (TPSA) is 42.4 Å². The number of furan rings is 1. The van der Waals surface area contributed by atoms with Crippen LogP contribution in [0.4, 0.5) is 5.69 Å². The van der Waals surface area contributed by atoms with Crippen LogP contribution in [0.1, 0.15) is 16.9 Å². The molecule has 1 aromatic carbocycles. The Morgan fingerprint density at radius 1 is 1.42 bits per heavy atom. The van der Waals surface area contributed by atoms with Gasteiger partial charge in [-0.05, 0) is 31.2 Å². The molecule has 0 fully saturated rings. The summed E-state index contributed by atoms with van der Waals surface area (Å²) >= 11 is 11.1. The van der Waals surface area contributed by atoms with Crippen molar-refractivity contribution in [2.75, 3.05) is 11.9 Å². The van der Waals surface area contributed by atoms with E-state index in [0.717, 1.165) is 29.1 Å².